The highest BCUT2D eigenvalue weighted by atomic mass is 35.5. The second-order valence-corrected chi connectivity index (χ2v) is 6.09. The summed E-state index contributed by atoms with van der Waals surface area (Å²) in [7, 11) is 0. The highest BCUT2D eigenvalue weighted by Crippen LogP contribution is 2.33. The number of aromatic nitrogens is 1. The molecule has 2 aromatic rings. The van der Waals surface area contributed by atoms with Gasteiger partial charge in [0.1, 0.15) is 23.8 Å². The van der Waals surface area contributed by atoms with Gasteiger partial charge in [0.25, 0.3) is 0 Å². The molecule has 1 fully saturated rings. The van der Waals surface area contributed by atoms with E-state index in [1.165, 1.54) is 12.8 Å². The number of nitrogens with zero attached hydrogens (tertiary/aromatic N) is 1. The molecule has 0 unspecified atom stereocenters. The Hall–Kier alpha value is -1.23. The van der Waals surface area contributed by atoms with Crippen LogP contribution >= 0.6 is 23.2 Å². The monoisotopic (exact) mass is 326 g/mol. The standard InChI is InChI=1S/C15H16Cl2N2O2/c1-9-4-13(19-21-9)8-20-15-10(7-18-12-2-3-12)5-11(16)6-14(15)17/h4-6,12,18H,2-3,7-8H2,1H3. The zero-order chi connectivity index (χ0) is 14.8. The first-order chi connectivity index (χ1) is 10.1. The lowest BCUT2D eigenvalue weighted by Gasteiger charge is -2.13. The molecule has 112 valence electrons. The molecule has 1 aromatic carbocycles. The van der Waals surface area contributed by atoms with E-state index < -0.39 is 0 Å². The minimum atomic E-state index is 0.315. The Kier molecular flexibility index (Phi) is 4.38. The van der Waals surface area contributed by atoms with Crippen molar-refractivity contribution in [2.24, 2.45) is 0 Å². The Balaban J connectivity index is 1.74. The van der Waals surface area contributed by atoms with Crippen molar-refractivity contribution in [1.29, 1.82) is 0 Å². The van der Waals surface area contributed by atoms with Crippen LogP contribution in [0.15, 0.2) is 22.7 Å². The van der Waals surface area contributed by atoms with Crippen molar-refractivity contribution >= 4 is 23.2 Å². The van der Waals surface area contributed by atoms with Gasteiger partial charge < -0.3 is 14.6 Å². The first kappa shape index (κ1) is 14.7. The van der Waals surface area contributed by atoms with Crippen molar-refractivity contribution in [3.63, 3.8) is 0 Å². The molecule has 0 amide bonds. The minimum absolute atomic E-state index is 0.315. The smallest absolute Gasteiger partial charge is 0.143 e. The van der Waals surface area contributed by atoms with Gasteiger partial charge >= 0.3 is 0 Å². The SMILES string of the molecule is Cc1cc(COc2c(Cl)cc(Cl)cc2CNC2CC2)no1. The van der Waals surface area contributed by atoms with E-state index in [0.717, 1.165) is 17.0 Å². The van der Waals surface area contributed by atoms with E-state index in [2.05, 4.69) is 10.5 Å². The topological polar surface area (TPSA) is 47.3 Å². The van der Waals surface area contributed by atoms with Gasteiger partial charge in [0, 0.05) is 29.2 Å². The second-order valence-electron chi connectivity index (χ2n) is 5.25. The fourth-order valence-electron chi connectivity index (χ4n) is 2.08. The van der Waals surface area contributed by atoms with E-state index in [1.807, 2.05) is 19.1 Å². The average molecular weight is 327 g/mol. The van der Waals surface area contributed by atoms with Crippen molar-refractivity contribution in [2.45, 2.75) is 39.0 Å². The van der Waals surface area contributed by atoms with Gasteiger partial charge in [-0.25, -0.2) is 0 Å². The van der Waals surface area contributed by atoms with Crippen LogP contribution in [0.2, 0.25) is 10.0 Å². The highest BCUT2D eigenvalue weighted by Gasteiger charge is 2.21. The molecule has 4 nitrogen and oxygen atoms in total. The Morgan fingerprint density at radius 1 is 1.33 bits per heavy atom. The third-order valence-corrected chi connectivity index (χ3v) is 3.78. The zero-order valence-electron chi connectivity index (χ0n) is 11.7. The quantitative estimate of drug-likeness (QED) is 0.867. The first-order valence-corrected chi connectivity index (χ1v) is 7.63. The number of aryl methyl sites for hydroxylation is 1. The van der Waals surface area contributed by atoms with Crippen molar-refractivity contribution in [1.82, 2.24) is 10.5 Å². The van der Waals surface area contributed by atoms with Crippen LogP contribution in [0.25, 0.3) is 0 Å². The molecular weight excluding hydrogens is 311 g/mol. The lowest BCUT2D eigenvalue weighted by Crippen LogP contribution is -2.16. The maximum Gasteiger partial charge on any atom is 0.143 e. The zero-order valence-corrected chi connectivity index (χ0v) is 13.2. The summed E-state index contributed by atoms with van der Waals surface area (Å²) in [6, 6.07) is 6.01. The average Bonchev–Trinajstić information content (AvgIpc) is 3.17. The van der Waals surface area contributed by atoms with Crippen molar-refractivity contribution in [3.05, 3.63) is 45.3 Å². The maximum atomic E-state index is 6.26. The summed E-state index contributed by atoms with van der Waals surface area (Å²) in [6.07, 6.45) is 2.45. The summed E-state index contributed by atoms with van der Waals surface area (Å²) < 4.78 is 10.8. The summed E-state index contributed by atoms with van der Waals surface area (Å²) in [5.41, 5.74) is 1.69. The van der Waals surface area contributed by atoms with Crippen LogP contribution in [-0.4, -0.2) is 11.2 Å². The predicted octanol–water partition coefficient (Wildman–Crippen LogP) is 4.12. The molecule has 1 heterocycles. The van der Waals surface area contributed by atoms with Gasteiger partial charge in [0.05, 0.1) is 5.02 Å². The number of rotatable bonds is 6. The Morgan fingerprint density at radius 2 is 2.14 bits per heavy atom. The predicted molar refractivity (Wildman–Crippen MR) is 81.9 cm³/mol. The molecule has 0 aliphatic heterocycles. The number of hydrogen-bond acceptors (Lipinski definition) is 4. The molecule has 0 atom stereocenters. The summed E-state index contributed by atoms with van der Waals surface area (Å²) in [5, 5.41) is 8.46. The first-order valence-electron chi connectivity index (χ1n) is 6.88. The van der Waals surface area contributed by atoms with E-state index in [0.29, 0.717) is 35.0 Å². The van der Waals surface area contributed by atoms with Crippen molar-refractivity contribution in [3.8, 4) is 5.75 Å². The molecule has 0 bridgehead atoms. The molecule has 1 N–H and O–H groups in total. The lowest BCUT2D eigenvalue weighted by molar-refractivity contribution is 0.284. The van der Waals surface area contributed by atoms with E-state index in [1.54, 1.807) is 6.07 Å². The van der Waals surface area contributed by atoms with Crippen LogP contribution in [0.3, 0.4) is 0 Å². The van der Waals surface area contributed by atoms with Gasteiger partial charge in [-0.1, -0.05) is 28.4 Å². The largest absolute Gasteiger partial charge is 0.485 e. The van der Waals surface area contributed by atoms with Crippen LogP contribution < -0.4 is 10.1 Å². The maximum absolute atomic E-state index is 6.26. The Morgan fingerprint density at radius 3 is 2.81 bits per heavy atom. The van der Waals surface area contributed by atoms with E-state index in [-0.39, 0.29) is 0 Å². The van der Waals surface area contributed by atoms with Gasteiger partial charge in [0.2, 0.25) is 0 Å². The number of hydrogen-bond donors (Lipinski definition) is 1. The minimum Gasteiger partial charge on any atom is -0.485 e. The van der Waals surface area contributed by atoms with Gasteiger partial charge in [-0.3, -0.25) is 0 Å². The molecule has 0 saturated heterocycles. The van der Waals surface area contributed by atoms with Gasteiger partial charge in [0.15, 0.2) is 0 Å². The lowest BCUT2D eigenvalue weighted by atomic mass is 10.2. The summed E-state index contributed by atoms with van der Waals surface area (Å²) in [4.78, 5) is 0. The molecule has 1 aromatic heterocycles. The normalized spacial score (nSPS) is 14.4. The third-order valence-electron chi connectivity index (χ3n) is 3.28. The summed E-state index contributed by atoms with van der Waals surface area (Å²) >= 11 is 12.3. The molecule has 1 aliphatic carbocycles. The summed E-state index contributed by atoms with van der Waals surface area (Å²) in [5.74, 6) is 1.40. The van der Waals surface area contributed by atoms with Crippen LogP contribution in [0.1, 0.15) is 29.9 Å². The highest BCUT2D eigenvalue weighted by molar-refractivity contribution is 6.35. The van der Waals surface area contributed by atoms with E-state index in [4.69, 9.17) is 32.5 Å². The fourth-order valence-corrected chi connectivity index (χ4v) is 2.67. The molecule has 0 spiro atoms. The van der Waals surface area contributed by atoms with Gasteiger partial charge in [-0.2, -0.15) is 0 Å². The summed E-state index contributed by atoms with van der Waals surface area (Å²) in [6.45, 7) is 2.85. The fraction of sp³-hybridized carbons (Fsp3) is 0.400. The van der Waals surface area contributed by atoms with Crippen LogP contribution in [0.4, 0.5) is 0 Å². The van der Waals surface area contributed by atoms with Crippen molar-refractivity contribution < 1.29 is 9.26 Å². The second kappa shape index (κ2) is 6.26. The van der Waals surface area contributed by atoms with E-state index in [9.17, 15) is 0 Å². The molecule has 3 rings (SSSR count). The van der Waals surface area contributed by atoms with Gasteiger partial charge in [-0.05, 0) is 31.9 Å². The molecule has 0 radical (unpaired) electrons. The Bertz CT molecular complexity index is 639. The molecule has 1 saturated carbocycles. The molecule has 6 heteroatoms. The van der Waals surface area contributed by atoms with Gasteiger partial charge in [-0.15, -0.1) is 0 Å². The number of halogens is 2. The number of nitrogens with one attached hydrogen (secondary N) is 1. The van der Waals surface area contributed by atoms with Crippen molar-refractivity contribution in [2.75, 3.05) is 0 Å². The van der Waals surface area contributed by atoms with Crippen LogP contribution in [0.5, 0.6) is 5.75 Å². The molecule has 1 aliphatic rings. The van der Waals surface area contributed by atoms with Crippen LogP contribution in [0, 0.1) is 6.92 Å². The molecule has 21 heavy (non-hydrogen) atoms. The van der Waals surface area contributed by atoms with E-state index >= 15 is 0 Å². The number of ether oxygens (including phenoxy) is 1. The third kappa shape index (κ3) is 3.90. The molecular formula is C15H16Cl2N2O2. The Labute approximate surface area is 133 Å². The number of benzene rings is 1. The van der Waals surface area contributed by atoms with Crippen LogP contribution in [-0.2, 0) is 13.2 Å².